The summed E-state index contributed by atoms with van der Waals surface area (Å²) in [6.45, 7) is 6.18. The molecule has 8 heteroatoms. The topological polar surface area (TPSA) is 55.7 Å². The van der Waals surface area contributed by atoms with Crippen LogP contribution in [0.5, 0.6) is 0 Å². The fourth-order valence-electron chi connectivity index (χ4n) is 3.25. The number of benzene rings is 1. The molecule has 1 aromatic heterocycles. The number of hydrogen-bond acceptors (Lipinski definition) is 4. The first-order valence-corrected chi connectivity index (χ1v) is 10.1. The van der Waals surface area contributed by atoms with Gasteiger partial charge in [0.05, 0.1) is 0 Å². The quantitative estimate of drug-likeness (QED) is 0.790. The third-order valence-electron chi connectivity index (χ3n) is 4.24. The second-order valence-electron chi connectivity index (χ2n) is 6.65. The second-order valence-corrected chi connectivity index (χ2v) is 8.58. The molecule has 2 N–H and O–H groups in total. The van der Waals surface area contributed by atoms with Gasteiger partial charge in [-0.05, 0) is 31.5 Å². The molecule has 140 valence electrons. The van der Waals surface area contributed by atoms with Crippen LogP contribution in [0.2, 0.25) is 10.0 Å². The van der Waals surface area contributed by atoms with E-state index in [0.29, 0.717) is 28.1 Å². The maximum absolute atomic E-state index is 12.3. The highest BCUT2D eigenvalue weighted by molar-refractivity contribution is 7.15. The summed E-state index contributed by atoms with van der Waals surface area (Å²) in [4.78, 5) is 18.8. The van der Waals surface area contributed by atoms with Crippen LogP contribution < -0.4 is 10.2 Å². The third-order valence-corrected chi connectivity index (χ3v) is 5.86. The molecule has 1 saturated heterocycles. The van der Waals surface area contributed by atoms with E-state index in [4.69, 9.17) is 27.9 Å². The molecular weight excluding hydrogens is 393 g/mol. The molecule has 1 amide bonds. The number of carbonyl (C=O) groups is 1. The number of hydrogen-bond donors (Lipinski definition) is 2. The van der Waals surface area contributed by atoms with Gasteiger partial charge in [-0.25, -0.2) is 4.98 Å². The fraction of sp³-hybridized carbons (Fsp3) is 0.444. The lowest BCUT2D eigenvalue weighted by atomic mass is 10.1. The van der Waals surface area contributed by atoms with Gasteiger partial charge in [0, 0.05) is 27.5 Å². The molecule has 2 atom stereocenters. The summed E-state index contributed by atoms with van der Waals surface area (Å²) in [6.07, 6.45) is 2.70. The Morgan fingerprint density at radius 3 is 2.62 bits per heavy atom. The first kappa shape index (κ1) is 19.6. The van der Waals surface area contributed by atoms with Gasteiger partial charge in [0.1, 0.15) is 25.3 Å². The molecule has 0 saturated carbocycles. The average Bonchev–Trinajstić information content (AvgIpc) is 2.97. The van der Waals surface area contributed by atoms with Gasteiger partial charge in [0.2, 0.25) is 0 Å². The lowest BCUT2D eigenvalue weighted by Gasteiger charge is -2.31. The maximum atomic E-state index is 12.3. The smallest absolute Gasteiger partial charge is 0.281 e. The molecule has 0 aliphatic carbocycles. The summed E-state index contributed by atoms with van der Waals surface area (Å²) >= 11 is 13.9. The number of rotatable bonds is 5. The molecule has 0 spiro atoms. The Labute approximate surface area is 167 Å². The van der Waals surface area contributed by atoms with Gasteiger partial charge in [-0.15, -0.1) is 11.3 Å². The van der Waals surface area contributed by atoms with Crippen molar-refractivity contribution >= 4 is 45.6 Å². The average molecular weight is 415 g/mol. The number of nitrogens with zero attached hydrogens (tertiary/aromatic N) is 1. The monoisotopic (exact) mass is 414 g/mol. The van der Waals surface area contributed by atoms with E-state index in [9.17, 15) is 4.79 Å². The molecule has 2 aromatic rings. The zero-order valence-corrected chi connectivity index (χ0v) is 17.0. The van der Waals surface area contributed by atoms with E-state index in [2.05, 4.69) is 10.3 Å². The molecule has 1 aliphatic rings. The van der Waals surface area contributed by atoms with Crippen LogP contribution in [0, 0.1) is 0 Å². The Kier molecular flexibility index (Phi) is 6.53. The highest BCUT2D eigenvalue weighted by Gasteiger charge is 2.27. The molecule has 5 nitrogen and oxygen atoms in total. The summed E-state index contributed by atoms with van der Waals surface area (Å²) in [6, 6.07) is 5.46. The van der Waals surface area contributed by atoms with Crippen molar-refractivity contribution in [2.24, 2.45) is 0 Å². The predicted octanol–water partition coefficient (Wildman–Crippen LogP) is 2.67. The standard InChI is InChI=1S/C18H21Cl2N3O2S/c1-11-8-23(9-12(2)25-11)10-17(24)22-18-21-7-13(26-18)6-14-15(19)4-3-5-16(14)20/h3-5,7,11-12H,6,8-10H2,1-2H3,(H,21,22,24)/p+1/t11-,12-/m0/s1. The van der Waals surface area contributed by atoms with Crippen molar-refractivity contribution in [1.29, 1.82) is 0 Å². The summed E-state index contributed by atoms with van der Waals surface area (Å²) in [5.74, 6) is -0.0297. The normalized spacial score (nSPS) is 23.0. The van der Waals surface area contributed by atoms with E-state index < -0.39 is 0 Å². The zero-order chi connectivity index (χ0) is 18.7. The van der Waals surface area contributed by atoms with E-state index in [0.717, 1.165) is 23.5 Å². The van der Waals surface area contributed by atoms with E-state index in [1.807, 2.05) is 32.0 Å². The highest BCUT2D eigenvalue weighted by atomic mass is 35.5. The highest BCUT2D eigenvalue weighted by Crippen LogP contribution is 2.29. The van der Waals surface area contributed by atoms with Crippen molar-refractivity contribution in [3.63, 3.8) is 0 Å². The number of nitrogens with one attached hydrogen (secondary N) is 2. The van der Waals surface area contributed by atoms with Crippen LogP contribution in [0.15, 0.2) is 24.4 Å². The molecule has 26 heavy (non-hydrogen) atoms. The Hall–Kier alpha value is -1.18. The van der Waals surface area contributed by atoms with Crippen LogP contribution in [-0.4, -0.2) is 42.7 Å². The minimum atomic E-state index is -0.0297. The molecule has 2 heterocycles. The van der Waals surface area contributed by atoms with E-state index in [1.165, 1.54) is 16.2 Å². The van der Waals surface area contributed by atoms with E-state index in [-0.39, 0.29) is 18.1 Å². The molecule has 0 unspecified atom stereocenters. The van der Waals surface area contributed by atoms with Crippen molar-refractivity contribution in [3.8, 4) is 0 Å². The van der Waals surface area contributed by atoms with Crippen LogP contribution in [-0.2, 0) is 16.0 Å². The van der Waals surface area contributed by atoms with E-state index >= 15 is 0 Å². The van der Waals surface area contributed by atoms with Gasteiger partial charge in [-0.2, -0.15) is 0 Å². The predicted molar refractivity (Wildman–Crippen MR) is 106 cm³/mol. The number of carbonyl (C=O) groups excluding carboxylic acids is 1. The van der Waals surface area contributed by atoms with Gasteiger partial charge < -0.3 is 9.64 Å². The van der Waals surface area contributed by atoms with Gasteiger partial charge in [0.15, 0.2) is 11.7 Å². The molecule has 1 aromatic carbocycles. The Morgan fingerprint density at radius 2 is 1.96 bits per heavy atom. The van der Waals surface area contributed by atoms with Crippen molar-refractivity contribution in [2.75, 3.05) is 25.0 Å². The van der Waals surface area contributed by atoms with Crippen LogP contribution in [0.25, 0.3) is 0 Å². The Bertz CT molecular complexity index is 753. The molecule has 1 aliphatic heterocycles. The number of ether oxygens (including phenoxy) is 1. The Morgan fingerprint density at radius 1 is 1.31 bits per heavy atom. The molecular formula is C18H22Cl2N3O2S+. The van der Waals surface area contributed by atoms with Crippen molar-refractivity contribution in [1.82, 2.24) is 4.98 Å². The van der Waals surface area contributed by atoms with Gasteiger partial charge >= 0.3 is 0 Å². The van der Waals surface area contributed by atoms with Crippen molar-refractivity contribution in [2.45, 2.75) is 32.5 Å². The number of morpholine rings is 1. The number of thiazole rings is 1. The van der Waals surface area contributed by atoms with Gasteiger partial charge in [-0.3, -0.25) is 10.1 Å². The molecule has 1 fully saturated rings. The first-order chi connectivity index (χ1) is 12.4. The SMILES string of the molecule is C[C@H]1C[NH+](CC(=O)Nc2ncc(Cc3c(Cl)cccc3Cl)s2)C[C@H](C)O1. The lowest BCUT2D eigenvalue weighted by molar-refractivity contribution is -0.907. The summed E-state index contributed by atoms with van der Waals surface area (Å²) in [7, 11) is 0. The second kappa shape index (κ2) is 8.67. The number of aromatic nitrogens is 1. The third kappa shape index (κ3) is 5.18. The van der Waals surface area contributed by atoms with Crippen LogP contribution in [0.1, 0.15) is 24.3 Å². The van der Waals surface area contributed by atoms with Crippen molar-refractivity contribution < 1.29 is 14.4 Å². The van der Waals surface area contributed by atoms with E-state index in [1.54, 1.807) is 6.20 Å². The van der Waals surface area contributed by atoms with Gasteiger partial charge in [-0.1, -0.05) is 29.3 Å². The maximum Gasteiger partial charge on any atom is 0.281 e. The minimum Gasteiger partial charge on any atom is -0.364 e. The van der Waals surface area contributed by atoms with Gasteiger partial charge in [0.25, 0.3) is 5.91 Å². The fourth-order valence-corrected chi connectivity index (χ4v) is 4.62. The number of halogens is 2. The van der Waals surface area contributed by atoms with Crippen LogP contribution in [0.4, 0.5) is 5.13 Å². The Balaban J connectivity index is 1.57. The summed E-state index contributed by atoms with van der Waals surface area (Å²) in [5, 5.41) is 4.76. The molecule has 0 bridgehead atoms. The number of quaternary nitrogens is 1. The first-order valence-electron chi connectivity index (χ1n) is 8.57. The molecule has 3 rings (SSSR count). The number of amides is 1. The number of anilines is 1. The lowest BCUT2D eigenvalue weighted by Crippen LogP contribution is -3.16. The summed E-state index contributed by atoms with van der Waals surface area (Å²) in [5.41, 5.74) is 0.873. The largest absolute Gasteiger partial charge is 0.364 e. The minimum absolute atomic E-state index is 0.0297. The van der Waals surface area contributed by atoms with Crippen LogP contribution >= 0.6 is 34.5 Å². The van der Waals surface area contributed by atoms with Crippen LogP contribution in [0.3, 0.4) is 0 Å². The molecule has 0 radical (unpaired) electrons. The summed E-state index contributed by atoms with van der Waals surface area (Å²) < 4.78 is 5.71. The van der Waals surface area contributed by atoms with Crippen molar-refractivity contribution in [3.05, 3.63) is 44.9 Å². The zero-order valence-electron chi connectivity index (χ0n) is 14.7.